The predicted octanol–water partition coefficient (Wildman–Crippen LogP) is 4.13. The van der Waals surface area contributed by atoms with Crippen LogP contribution in [0.15, 0.2) is 23.4 Å². The van der Waals surface area contributed by atoms with Crippen molar-refractivity contribution in [1.82, 2.24) is 14.8 Å². The number of halogens is 1. The highest BCUT2D eigenvalue weighted by Crippen LogP contribution is 2.46. The van der Waals surface area contributed by atoms with E-state index in [1.807, 2.05) is 13.0 Å². The summed E-state index contributed by atoms with van der Waals surface area (Å²) in [5.74, 6) is 1.50. The Labute approximate surface area is 160 Å². The molecule has 0 bridgehead atoms. The van der Waals surface area contributed by atoms with Crippen LogP contribution in [0.25, 0.3) is 0 Å². The molecule has 0 saturated heterocycles. The molecule has 134 valence electrons. The van der Waals surface area contributed by atoms with Gasteiger partial charge in [0.25, 0.3) is 0 Å². The second-order valence-corrected chi connectivity index (χ2v) is 8.49. The highest BCUT2D eigenvalue weighted by atomic mass is 35.5. The molecule has 1 aromatic heterocycles. The first-order valence-corrected chi connectivity index (χ1v) is 9.94. The Bertz CT molecular complexity index is 897. The summed E-state index contributed by atoms with van der Waals surface area (Å²) in [5, 5.41) is 21.3. The summed E-state index contributed by atoms with van der Waals surface area (Å²) in [6.07, 6.45) is 4.70. The first-order chi connectivity index (χ1) is 12.6. The van der Waals surface area contributed by atoms with E-state index in [-0.39, 0.29) is 11.2 Å². The molecule has 2 aromatic rings. The third-order valence-corrected chi connectivity index (χ3v) is 5.92. The Hall–Kier alpha value is -2.04. The van der Waals surface area contributed by atoms with Crippen molar-refractivity contribution in [2.75, 3.05) is 5.32 Å². The summed E-state index contributed by atoms with van der Waals surface area (Å²) in [4.78, 5) is 12.5. The van der Waals surface area contributed by atoms with Crippen molar-refractivity contribution in [3.05, 3.63) is 34.6 Å². The number of rotatable bonds is 6. The zero-order valence-electron chi connectivity index (χ0n) is 14.3. The minimum Gasteiger partial charge on any atom is -0.325 e. The number of aromatic nitrogens is 3. The van der Waals surface area contributed by atoms with Crippen molar-refractivity contribution < 1.29 is 4.79 Å². The van der Waals surface area contributed by atoms with Crippen molar-refractivity contribution in [3.8, 4) is 6.07 Å². The van der Waals surface area contributed by atoms with Gasteiger partial charge in [-0.25, -0.2) is 0 Å². The van der Waals surface area contributed by atoms with Crippen LogP contribution in [0.2, 0.25) is 5.02 Å². The van der Waals surface area contributed by atoms with E-state index in [9.17, 15) is 4.79 Å². The standard InChI is InChI=1S/C18H18ClN5OS/c1-10(17(25)21-13-5-4-12(9-20)15(19)8-13)26-18-23-22-16(11-2-3-11)24(18)14-6-7-14/h4-5,8,10-11,14H,2-3,6-7H2,1H3,(H,21,25)/t10-/m1/s1. The molecule has 26 heavy (non-hydrogen) atoms. The second kappa shape index (κ2) is 6.93. The maximum absolute atomic E-state index is 12.5. The maximum atomic E-state index is 12.5. The number of anilines is 1. The molecule has 1 heterocycles. The average Bonchev–Trinajstić information content (AvgIpc) is 3.54. The van der Waals surface area contributed by atoms with Crippen molar-refractivity contribution in [2.45, 2.75) is 55.0 Å². The molecule has 1 atom stereocenters. The lowest BCUT2D eigenvalue weighted by molar-refractivity contribution is -0.115. The van der Waals surface area contributed by atoms with Gasteiger partial charge >= 0.3 is 0 Å². The first kappa shape index (κ1) is 17.4. The molecule has 1 N–H and O–H groups in total. The molecule has 2 saturated carbocycles. The first-order valence-electron chi connectivity index (χ1n) is 8.68. The summed E-state index contributed by atoms with van der Waals surface area (Å²) in [6.45, 7) is 1.86. The van der Waals surface area contributed by atoms with Gasteiger partial charge in [-0.15, -0.1) is 10.2 Å². The minimum atomic E-state index is -0.321. The number of carbonyl (C=O) groups is 1. The van der Waals surface area contributed by atoms with Gasteiger partial charge in [0.2, 0.25) is 5.91 Å². The van der Waals surface area contributed by atoms with E-state index in [2.05, 4.69) is 20.1 Å². The Morgan fingerprint density at radius 2 is 2.15 bits per heavy atom. The van der Waals surface area contributed by atoms with Crippen LogP contribution in [0.3, 0.4) is 0 Å². The summed E-state index contributed by atoms with van der Waals surface area (Å²) in [7, 11) is 0. The van der Waals surface area contributed by atoms with Crippen LogP contribution < -0.4 is 5.32 Å². The lowest BCUT2D eigenvalue weighted by Crippen LogP contribution is -2.23. The number of benzene rings is 1. The summed E-state index contributed by atoms with van der Waals surface area (Å²) in [6, 6.07) is 7.37. The molecular formula is C18H18ClN5OS. The van der Waals surface area contributed by atoms with Gasteiger partial charge in [0, 0.05) is 17.6 Å². The Morgan fingerprint density at radius 3 is 2.77 bits per heavy atom. The number of amides is 1. The topological polar surface area (TPSA) is 83.6 Å². The molecule has 2 aliphatic rings. The number of nitrogens with zero attached hydrogens (tertiary/aromatic N) is 4. The highest BCUT2D eigenvalue weighted by Gasteiger charge is 2.37. The van der Waals surface area contributed by atoms with Crippen molar-refractivity contribution >= 4 is 35.0 Å². The molecule has 0 radical (unpaired) electrons. The van der Waals surface area contributed by atoms with Crippen molar-refractivity contribution in [1.29, 1.82) is 5.26 Å². The highest BCUT2D eigenvalue weighted by molar-refractivity contribution is 8.00. The largest absolute Gasteiger partial charge is 0.325 e. The average molecular weight is 388 g/mol. The van der Waals surface area contributed by atoms with Gasteiger partial charge in [-0.3, -0.25) is 4.79 Å². The molecule has 0 unspecified atom stereocenters. The van der Waals surface area contributed by atoms with E-state index < -0.39 is 0 Å². The van der Waals surface area contributed by atoms with Crippen LogP contribution in [0.5, 0.6) is 0 Å². The zero-order valence-corrected chi connectivity index (χ0v) is 15.8. The molecule has 0 spiro atoms. The molecule has 8 heteroatoms. The number of thioether (sulfide) groups is 1. The normalized spacial score (nSPS) is 17.6. The van der Waals surface area contributed by atoms with Gasteiger partial charge in [0.05, 0.1) is 15.8 Å². The van der Waals surface area contributed by atoms with Crippen LogP contribution in [-0.4, -0.2) is 25.9 Å². The van der Waals surface area contributed by atoms with Gasteiger partial charge in [0.1, 0.15) is 11.9 Å². The Balaban J connectivity index is 1.45. The van der Waals surface area contributed by atoms with E-state index in [0.29, 0.717) is 28.2 Å². The third kappa shape index (κ3) is 3.57. The monoisotopic (exact) mass is 387 g/mol. The lowest BCUT2D eigenvalue weighted by atomic mass is 10.2. The number of nitrogens with one attached hydrogen (secondary N) is 1. The van der Waals surface area contributed by atoms with E-state index in [4.69, 9.17) is 16.9 Å². The van der Waals surface area contributed by atoms with E-state index in [1.54, 1.807) is 18.2 Å². The molecule has 4 rings (SSSR count). The SMILES string of the molecule is C[C@@H](Sc1nnc(C2CC2)n1C1CC1)C(=O)Nc1ccc(C#N)c(Cl)c1. The quantitative estimate of drug-likeness (QED) is 0.753. The summed E-state index contributed by atoms with van der Waals surface area (Å²) >= 11 is 7.46. The van der Waals surface area contributed by atoms with Crippen LogP contribution in [0, 0.1) is 11.3 Å². The molecule has 2 fully saturated rings. The number of nitriles is 1. The fourth-order valence-electron chi connectivity index (χ4n) is 2.80. The molecule has 1 amide bonds. The third-order valence-electron chi connectivity index (χ3n) is 4.55. The second-order valence-electron chi connectivity index (χ2n) is 6.77. The minimum absolute atomic E-state index is 0.130. The molecule has 0 aliphatic heterocycles. The number of hydrogen-bond donors (Lipinski definition) is 1. The van der Waals surface area contributed by atoms with Crippen LogP contribution >= 0.6 is 23.4 Å². The Kier molecular flexibility index (Phi) is 4.63. The van der Waals surface area contributed by atoms with Crippen LogP contribution in [-0.2, 0) is 4.79 Å². The Morgan fingerprint density at radius 1 is 1.38 bits per heavy atom. The van der Waals surface area contributed by atoms with Crippen LogP contribution in [0.4, 0.5) is 5.69 Å². The number of hydrogen-bond acceptors (Lipinski definition) is 5. The van der Waals surface area contributed by atoms with E-state index >= 15 is 0 Å². The predicted molar refractivity (Wildman–Crippen MR) is 100 cm³/mol. The van der Waals surface area contributed by atoms with E-state index in [1.165, 1.54) is 24.6 Å². The molecular weight excluding hydrogens is 370 g/mol. The van der Waals surface area contributed by atoms with Gasteiger partial charge in [-0.05, 0) is 50.8 Å². The molecule has 2 aliphatic carbocycles. The summed E-state index contributed by atoms with van der Waals surface area (Å²) < 4.78 is 2.24. The fourth-order valence-corrected chi connectivity index (χ4v) is 3.95. The number of carbonyl (C=O) groups excluding carboxylic acids is 1. The summed E-state index contributed by atoms with van der Waals surface area (Å²) in [5.41, 5.74) is 0.964. The van der Waals surface area contributed by atoms with Gasteiger partial charge in [-0.2, -0.15) is 5.26 Å². The smallest absolute Gasteiger partial charge is 0.237 e. The van der Waals surface area contributed by atoms with Gasteiger partial charge in [-0.1, -0.05) is 23.4 Å². The van der Waals surface area contributed by atoms with Gasteiger partial charge < -0.3 is 9.88 Å². The molecule has 6 nitrogen and oxygen atoms in total. The fraction of sp³-hybridized carbons (Fsp3) is 0.444. The van der Waals surface area contributed by atoms with E-state index in [0.717, 1.165) is 23.8 Å². The van der Waals surface area contributed by atoms with Crippen molar-refractivity contribution in [3.63, 3.8) is 0 Å². The maximum Gasteiger partial charge on any atom is 0.237 e. The van der Waals surface area contributed by atoms with Crippen molar-refractivity contribution in [2.24, 2.45) is 0 Å². The molecule has 1 aromatic carbocycles. The van der Waals surface area contributed by atoms with Gasteiger partial charge in [0.15, 0.2) is 5.16 Å². The van der Waals surface area contributed by atoms with Crippen LogP contribution in [0.1, 0.15) is 56.0 Å². The zero-order chi connectivity index (χ0) is 18.3. The lowest BCUT2D eigenvalue weighted by Gasteiger charge is -2.13.